The van der Waals surface area contributed by atoms with Gasteiger partial charge >= 0.3 is 0 Å². The van der Waals surface area contributed by atoms with Crippen molar-refractivity contribution in [1.29, 1.82) is 0 Å². The summed E-state index contributed by atoms with van der Waals surface area (Å²) in [5, 5.41) is 20.6. The highest BCUT2D eigenvalue weighted by atomic mass is 32.2. The second-order valence-corrected chi connectivity index (χ2v) is 10.1. The van der Waals surface area contributed by atoms with Crippen LogP contribution in [-0.4, -0.2) is 41.5 Å². The number of amides is 1. The first kappa shape index (κ1) is 23.7. The van der Waals surface area contributed by atoms with Crippen molar-refractivity contribution in [2.24, 2.45) is 5.92 Å². The van der Waals surface area contributed by atoms with Crippen LogP contribution in [0, 0.1) is 5.92 Å². The molecule has 0 aliphatic rings. The summed E-state index contributed by atoms with van der Waals surface area (Å²) in [6, 6.07) is 17.3. The molecule has 1 atom stereocenters. The Kier molecular flexibility index (Phi) is 7.50. The molecule has 7 nitrogen and oxygen atoms in total. The van der Waals surface area contributed by atoms with Gasteiger partial charge in [0.05, 0.1) is 4.90 Å². The molecular formula is C24H28N2O5S. The number of hydroxylamine groups is 1. The number of aromatic hydroxyl groups is 1. The van der Waals surface area contributed by atoms with Crippen LogP contribution in [0.25, 0.3) is 10.8 Å². The minimum absolute atomic E-state index is 0.0393. The van der Waals surface area contributed by atoms with E-state index in [-0.39, 0.29) is 29.5 Å². The van der Waals surface area contributed by atoms with Crippen LogP contribution in [0.4, 0.5) is 0 Å². The van der Waals surface area contributed by atoms with Gasteiger partial charge in [-0.15, -0.1) is 0 Å². The fourth-order valence-electron chi connectivity index (χ4n) is 3.55. The van der Waals surface area contributed by atoms with Crippen LogP contribution < -0.4 is 5.48 Å². The largest absolute Gasteiger partial charge is 0.508 e. The minimum Gasteiger partial charge on any atom is -0.508 e. The van der Waals surface area contributed by atoms with Crippen molar-refractivity contribution in [2.45, 2.75) is 37.6 Å². The molecule has 0 aliphatic carbocycles. The van der Waals surface area contributed by atoms with Crippen molar-refractivity contribution in [3.8, 4) is 5.75 Å². The molecule has 0 bridgehead atoms. The number of phenols is 1. The van der Waals surface area contributed by atoms with Gasteiger partial charge in [0.25, 0.3) is 5.91 Å². The van der Waals surface area contributed by atoms with Gasteiger partial charge in [0, 0.05) is 6.54 Å². The maximum absolute atomic E-state index is 13.7. The lowest BCUT2D eigenvalue weighted by Gasteiger charge is -2.30. The molecule has 0 aromatic heterocycles. The van der Waals surface area contributed by atoms with E-state index in [2.05, 4.69) is 0 Å². The monoisotopic (exact) mass is 456 g/mol. The highest BCUT2D eigenvalue weighted by Gasteiger charge is 2.36. The smallest absolute Gasteiger partial charge is 0.262 e. The van der Waals surface area contributed by atoms with Crippen molar-refractivity contribution < 1.29 is 23.5 Å². The van der Waals surface area contributed by atoms with E-state index in [0.717, 1.165) is 15.1 Å². The van der Waals surface area contributed by atoms with Crippen molar-refractivity contribution in [3.63, 3.8) is 0 Å². The summed E-state index contributed by atoms with van der Waals surface area (Å²) >= 11 is 0. The first-order valence-corrected chi connectivity index (χ1v) is 11.9. The lowest BCUT2D eigenvalue weighted by molar-refractivity contribution is -0.133. The number of hydrogen-bond donors (Lipinski definition) is 3. The van der Waals surface area contributed by atoms with Gasteiger partial charge in [0.1, 0.15) is 11.8 Å². The molecule has 3 aromatic rings. The van der Waals surface area contributed by atoms with E-state index >= 15 is 0 Å². The number of fused-ring (bicyclic) bond motifs is 1. The van der Waals surface area contributed by atoms with E-state index in [1.54, 1.807) is 29.7 Å². The lowest BCUT2D eigenvalue weighted by Crippen LogP contribution is -2.50. The fraction of sp³-hybridized carbons (Fsp3) is 0.292. The summed E-state index contributed by atoms with van der Waals surface area (Å²) in [5.41, 5.74) is 2.28. The van der Waals surface area contributed by atoms with Crippen LogP contribution >= 0.6 is 0 Å². The molecule has 32 heavy (non-hydrogen) atoms. The average molecular weight is 457 g/mol. The Hall–Kier alpha value is -2.94. The number of carbonyl (C=O) groups is 1. The second kappa shape index (κ2) is 10.1. The summed E-state index contributed by atoms with van der Waals surface area (Å²) < 4.78 is 28.6. The zero-order valence-electron chi connectivity index (χ0n) is 18.1. The van der Waals surface area contributed by atoms with Crippen molar-refractivity contribution >= 4 is 26.7 Å². The van der Waals surface area contributed by atoms with Crippen molar-refractivity contribution in [3.05, 3.63) is 72.3 Å². The number of carbonyl (C=O) groups excluding carboxylic acids is 1. The SMILES string of the molecule is CC(C)CCN([C@H](Cc1ccc(O)cc1)C(=O)NO)S(=O)(=O)c1ccc2ccccc2c1. The number of sulfonamides is 1. The Morgan fingerprint density at radius 2 is 1.66 bits per heavy atom. The molecule has 3 N–H and O–H groups in total. The Balaban J connectivity index is 2.05. The average Bonchev–Trinajstić information content (AvgIpc) is 2.78. The first-order chi connectivity index (χ1) is 15.2. The number of nitrogens with one attached hydrogen (secondary N) is 1. The number of benzene rings is 3. The molecule has 0 saturated carbocycles. The molecule has 8 heteroatoms. The number of phenolic OH excluding ortho intramolecular Hbond substituents is 1. The molecule has 3 aromatic carbocycles. The van der Waals surface area contributed by atoms with Gasteiger partial charge in [-0.05, 0) is 59.4 Å². The van der Waals surface area contributed by atoms with Crippen LogP contribution in [-0.2, 0) is 21.2 Å². The highest BCUT2D eigenvalue weighted by molar-refractivity contribution is 7.89. The van der Waals surface area contributed by atoms with Crippen LogP contribution in [0.3, 0.4) is 0 Å². The first-order valence-electron chi connectivity index (χ1n) is 10.4. The van der Waals surface area contributed by atoms with Gasteiger partial charge in [0.2, 0.25) is 10.0 Å². The van der Waals surface area contributed by atoms with Crippen LogP contribution in [0.1, 0.15) is 25.8 Å². The maximum Gasteiger partial charge on any atom is 0.262 e. The molecule has 0 radical (unpaired) electrons. The van der Waals surface area contributed by atoms with E-state index in [4.69, 9.17) is 0 Å². The third-order valence-electron chi connectivity index (χ3n) is 5.38. The molecule has 1 amide bonds. The van der Waals surface area contributed by atoms with E-state index in [1.165, 1.54) is 18.2 Å². The molecule has 0 spiro atoms. The zero-order chi connectivity index (χ0) is 23.3. The lowest BCUT2D eigenvalue weighted by atomic mass is 10.0. The van der Waals surface area contributed by atoms with Gasteiger partial charge in [-0.25, -0.2) is 13.9 Å². The van der Waals surface area contributed by atoms with Crippen LogP contribution in [0.2, 0.25) is 0 Å². The summed E-state index contributed by atoms with van der Waals surface area (Å²) in [5.74, 6) is -0.542. The van der Waals surface area contributed by atoms with Crippen molar-refractivity contribution in [1.82, 2.24) is 9.79 Å². The Labute approximate surface area is 188 Å². The number of rotatable bonds is 9. The molecule has 0 saturated heterocycles. The third-order valence-corrected chi connectivity index (χ3v) is 7.28. The molecule has 170 valence electrons. The number of nitrogens with zero attached hydrogens (tertiary/aromatic N) is 1. The summed E-state index contributed by atoms with van der Waals surface area (Å²) in [6.45, 7) is 4.06. The van der Waals surface area contributed by atoms with Gasteiger partial charge in [0.15, 0.2) is 0 Å². The Bertz CT molecular complexity index is 1180. The highest BCUT2D eigenvalue weighted by Crippen LogP contribution is 2.26. The molecule has 0 aliphatic heterocycles. The minimum atomic E-state index is -4.06. The molecule has 0 fully saturated rings. The molecular weight excluding hydrogens is 428 g/mol. The summed E-state index contributed by atoms with van der Waals surface area (Å²) in [6.07, 6.45) is 0.579. The van der Waals surface area contributed by atoms with Crippen LogP contribution in [0.15, 0.2) is 71.6 Å². The standard InChI is InChI=1S/C24H28N2O5S/c1-17(2)13-14-26(23(24(28)25-29)15-18-7-10-21(27)11-8-18)32(30,31)22-12-9-19-5-3-4-6-20(19)16-22/h3-12,16-17,23,27,29H,13-15H2,1-2H3,(H,25,28)/t23-/m1/s1. The van der Waals surface area contributed by atoms with Gasteiger partial charge in [-0.1, -0.05) is 56.3 Å². The summed E-state index contributed by atoms with van der Waals surface area (Å²) in [4.78, 5) is 12.7. The van der Waals surface area contributed by atoms with E-state index < -0.39 is 22.0 Å². The second-order valence-electron chi connectivity index (χ2n) is 8.17. The zero-order valence-corrected chi connectivity index (χ0v) is 18.9. The van der Waals surface area contributed by atoms with Gasteiger partial charge < -0.3 is 5.11 Å². The molecule has 3 rings (SSSR count). The summed E-state index contributed by atoms with van der Waals surface area (Å²) in [7, 11) is -4.06. The molecule has 0 unspecified atom stereocenters. The normalized spacial score (nSPS) is 12.9. The Morgan fingerprint density at radius 1 is 1.00 bits per heavy atom. The predicted octanol–water partition coefficient (Wildman–Crippen LogP) is 3.70. The topological polar surface area (TPSA) is 107 Å². The van der Waals surface area contributed by atoms with E-state index in [9.17, 15) is 23.5 Å². The van der Waals surface area contributed by atoms with Gasteiger partial charge in [-0.2, -0.15) is 4.31 Å². The number of hydrogen-bond acceptors (Lipinski definition) is 5. The Morgan fingerprint density at radius 3 is 2.28 bits per heavy atom. The maximum atomic E-state index is 13.7. The molecule has 0 heterocycles. The quantitative estimate of drug-likeness (QED) is 0.336. The van der Waals surface area contributed by atoms with E-state index in [0.29, 0.717) is 12.0 Å². The predicted molar refractivity (Wildman–Crippen MR) is 123 cm³/mol. The van der Waals surface area contributed by atoms with Gasteiger partial charge in [-0.3, -0.25) is 10.0 Å². The fourth-order valence-corrected chi connectivity index (χ4v) is 5.19. The van der Waals surface area contributed by atoms with Crippen molar-refractivity contribution in [2.75, 3.05) is 6.54 Å². The third kappa shape index (κ3) is 5.45. The van der Waals surface area contributed by atoms with E-state index in [1.807, 2.05) is 38.1 Å². The van der Waals surface area contributed by atoms with Crippen LogP contribution in [0.5, 0.6) is 5.75 Å².